The highest BCUT2D eigenvalue weighted by Gasteiger charge is 2.17. The van der Waals surface area contributed by atoms with Crippen LogP contribution in [0.25, 0.3) is 0 Å². The van der Waals surface area contributed by atoms with Gasteiger partial charge in [0.1, 0.15) is 0 Å². The largest absolute Gasteiger partial charge is 0.341 e. The van der Waals surface area contributed by atoms with Gasteiger partial charge in [0.15, 0.2) is 17.5 Å². The van der Waals surface area contributed by atoms with Gasteiger partial charge < -0.3 is 5.32 Å². The number of nitrogens with one attached hydrogen (secondary N) is 1. The monoisotopic (exact) mass is 213 g/mol. The van der Waals surface area contributed by atoms with Gasteiger partial charge in [0, 0.05) is 0 Å². The van der Waals surface area contributed by atoms with Crippen molar-refractivity contribution in [2.24, 2.45) is 0 Å². The van der Waals surface area contributed by atoms with Crippen LogP contribution in [0.5, 0.6) is 0 Å². The van der Waals surface area contributed by atoms with E-state index >= 15 is 0 Å². The lowest BCUT2D eigenvalue weighted by Gasteiger charge is -2.03. The van der Waals surface area contributed by atoms with Crippen molar-refractivity contribution >= 4 is 5.91 Å². The fourth-order valence-corrected chi connectivity index (χ4v) is 0.928. The van der Waals surface area contributed by atoms with Crippen molar-refractivity contribution in [2.45, 2.75) is 0 Å². The SMILES string of the molecule is C#CCNC(=O)c1ccc(F)c(F)c1F. The van der Waals surface area contributed by atoms with Gasteiger partial charge in [0.2, 0.25) is 0 Å². The van der Waals surface area contributed by atoms with Crippen molar-refractivity contribution in [3.63, 3.8) is 0 Å². The molecule has 1 amide bonds. The second kappa shape index (κ2) is 4.51. The normalized spacial score (nSPS) is 9.47. The first-order valence-electron chi connectivity index (χ1n) is 3.93. The number of carbonyl (C=O) groups excluding carboxylic acids is 1. The van der Waals surface area contributed by atoms with Gasteiger partial charge >= 0.3 is 0 Å². The van der Waals surface area contributed by atoms with Crippen molar-refractivity contribution in [3.8, 4) is 12.3 Å². The van der Waals surface area contributed by atoms with Crippen LogP contribution in [0.15, 0.2) is 12.1 Å². The molecule has 1 aromatic carbocycles. The van der Waals surface area contributed by atoms with E-state index in [1.165, 1.54) is 0 Å². The Morgan fingerprint density at radius 3 is 2.60 bits per heavy atom. The van der Waals surface area contributed by atoms with Crippen molar-refractivity contribution in [1.82, 2.24) is 5.32 Å². The van der Waals surface area contributed by atoms with Gasteiger partial charge in [0.25, 0.3) is 5.91 Å². The van der Waals surface area contributed by atoms with Crippen LogP contribution in [0.1, 0.15) is 10.4 Å². The van der Waals surface area contributed by atoms with Crippen LogP contribution in [0.3, 0.4) is 0 Å². The molecule has 0 bridgehead atoms. The zero-order valence-corrected chi connectivity index (χ0v) is 7.48. The lowest BCUT2D eigenvalue weighted by Crippen LogP contribution is -2.25. The third-order valence-corrected chi connectivity index (χ3v) is 1.63. The minimum atomic E-state index is -1.68. The molecule has 1 aromatic rings. The summed E-state index contributed by atoms with van der Waals surface area (Å²) in [5, 5.41) is 2.13. The van der Waals surface area contributed by atoms with Crippen LogP contribution < -0.4 is 5.32 Å². The zero-order chi connectivity index (χ0) is 11.4. The average molecular weight is 213 g/mol. The third kappa shape index (κ3) is 2.29. The summed E-state index contributed by atoms with van der Waals surface area (Å²) in [4.78, 5) is 11.2. The summed E-state index contributed by atoms with van der Waals surface area (Å²) in [6.07, 6.45) is 4.85. The molecule has 2 nitrogen and oxygen atoms in total. The Bertz CT molecular complexity index is 437. The molecule has 0 atom stereocenters. The van der Waals surface area contributed by atoms with E-state index in [9.17, 15) is 18.0 Å². The first-order valence-corrected chi connectivity index (χ1v) is 3.93. The zero-order valence-electron chi connectivity index (χ0n) is 7.48. The number of terminal acetylenes is 1. The number of amides is 1. The molecule has 0 heterocycles. The molecule has 1 N–H and O–H groups in total. The van der Waals surface area contributed by atoms with Crippen molar-refractivity contribution in [3.05, 3.63) is 35.1 Å². The molecule has 15 heavy (non-hydrogen) atoms. The maximum Gasteiger partial charge on any atom is 0.255 e. The number of rotatable bonds is 2. The second-order valence-electron chi connectivity index (χ2n) is 2.61. The summed E-state index contributed by atoms with van der Waals surface area (Å²) in [6.45, 7) is -0.114. The van der Waals surface area contributed by atoms with Crippen LogP contribution >= 0.6 is 0 Å². The van der Waals surface area contributed by atoms with E-state index in [0.717, 1.165) is 6.07 Å². The van der Waals surface area contributed by atoms with Crippen LogP contribution in [-0.4, -0.2) is 12.5 Å². The summed E-state index contributed by atoms with van der Waals surface area (Å²) in [5.74, 6) is -3.34. The van der Waals surface area contributed by atoms with Gasteiger partial charge in [0.05, 0.1) is 12.1 Å². The molecule has 5 heteroatoms. The van der Waals surface area contributed by atoms with Gasteiger partial charge in [-0.2, -0.15) is 0 Å². The number of hydrogen-bond acceptors (Lipinski definition) is 1. The topological polar surface area (TPSA) is 29.1 Å². The van der Waals surface area contributed by atoms with Crippen LogP contribution in [-0.2, 0) is 0 Å². The molecule has 0 aliphatic rings. The summed E-state index contributed by atoms with van der Waals surface area (Å²) in [7, 11) is 0. The molecule has 0 aromatic heterocycles. The lowest BCUT2D eigenvalue weighted by molar-refractivity contribution is 0.0953. The summed E-state index contributed by atoms with van der Waals surface area (Å²) in [6, 6.07) is 1.52. The van der Waals surface area contributed by atoms with Crippen molar-refractivity contribution in [1.29, 1.82) is 0 Å². The Morgan fingerprint density at radius 1 is 1.33 bits per heavy atom. The summed E-state index contributed by atoms with van der Waals surface area (Å²) in [5.41, 5.74) is -0.579. The molecule has 0 aliphatic carbocycles. The van der Waals surface area contributed by atoms with Crippen molar-refractivity contribution in [2.75, 3.05) is 6.54 Å². The van der Waals surface area contributed by atoms with E-state index < -0.39 is 28.9 Å². The fraction of sp³-hybridized carbons (Fsp3) is 0.100. The Hall–Kier alpha value is -1.96. The minimum Gasteiger partial charge on any atom is -0.341 e. The molecule has 1 rings (SSSR count). The van der Waals surface area contributed by atoms with E-state index in [1.807, 2.05) is 0 Å². The number of carbonyl (C=O) groups is 1. The molecule has 0 spiro atoms. The van der Waals surface area contributed by atoms with E-state index in [1.54, 1.807) is 0 Å². The highest BCUT2D eigenvalue weighted by atomic mass is 19.2. The molecule has 0 fully saturated rings. The number of hydrogen-bond donors (Lipinski definition) is 1. The van der Waals surface area contributed by atoms with Crippen molar-refractivity contribution < 1.29 is 18.0 Å². The molecule has 0 saturated carbocycles. The quantitative estimate of drug-likeness (QED) is 0.585. The molecule has 78 valence electrons. The van der Waals surface area contributed by atoms with E-state index in [-0.39, 0.29) is 6.54 Å². The Kier molecular flexibility index (Phi) is 3.34. The van der Waals surface area contributed by atoms with Gasteiger partial charge in [-0.05, 0) is 12.1 Å². The smallest absolute Gasteiger partial charge is 0.255 e. The standard InChI is InChI=1S/C10H6F3NO/c1-2-5-14-10(15)6-3-4-7(11)9(13)8(6)12/h1,3-4H,5H2,(H,14,15). The molecule has 0 saturated heterocycles. The van der Waals surface area contributed by atoms with Gasteiger partial charge in [-0.15, -0.1) is 6.42 Å². The summed E-state index contributed by atoms with van der Waals surface area (Å²) >= 11 is 0. The number of benzene rings is 1. The first kappa shape index (κ1) is 11.1. The number of halogens is 3. The fourth-order valence-electron chi connectivity index (χ4n) is 0.928. The van der Waals surface area contributed by atoms with Crippen LogP contribution in [0.2, 0.25) is 0 Å². The Morgan fingerprint density at radius 2 is 2.00 bits per heavy atom. The maximum absolute atomic E-state index is 13.0. The predicted octanol–water partition coefficient (Wildman–Crippen LogP) is 1.47. The summed E-state index contributed by atoms with van der Waals surface area (Å²) < 4.78 is 38.2. The maximum atomic E-state index is 13.0. The minimum absolute atomic E-state index is 0.114. The lowest BCUT2D eigenvalue weighted by atomic mass is 10.2. The van der Waals surface area contributed by atoms with Crippen LogP contribution in [0, 0.1) is 29.8 Å². The van der Waals surface area contributed by atoms with Gasteiger partial charge in [-0.3, -0.25) is 4.79 Å². The van der Waals surface area contributed by atoms with Crippen LogP contribution in [0.4, 0.5) is 13.2 Å². The third-order valence-electron chi connectivity index (χ3n) is 1.63. The Labute approximate surface area is 84.1 Å². The Balaban J connectivity index is 3.01. The van der Waals surface area contributed by atoms with E-state index in [4.69, 9.17) is 6.42 Å². The van der Waals surface area contributed by atoms with Gasteiger partial charge in [-0.1, -0.05) is 5.92 Å². The first-order chi connectivity index (χ1) is 7.07. The second-order valence-corrected chi connectivity index (χ2v) is 2.61. The van der Waals surface area contributed by atoms with Gasteiger partial charge in [-0.25, -0.2) is 13.2 Å². The van der Waals surface area contributed by atoms with E-state index in [0.29, 0.717) is 6.07 Å². The molecule has 0 radical (unpaired) electrons. The molecular formula is C10H6F3NO. The predicted molar refractivity (Wildman–Crippen MR) is 47.5 cm³/mol. The highest BCUT2D eigenvalue weighted by molar-refractivity contribution is 5.94. The molecule has 0 unspecified atom stereocenters. The molecule has 0 aliphatic heterocycles. The van der Waals surface area contributed by atoms with E-state index in [2.05, 4.69) is 11.2 Å². The highest BCUT2D eigenvalue weighted by Crippen LogP contribution is 2.14. The average Bonchev–Trinajstić information content (AvgIpc) is 2.23. The molecular weight excluding hydrogens is 207 g/mol.